The summed E-state index contributed by atoms with van der Waals surface area (Å²) >= 11 is 3.53. The van der Waals surface area contributed by atoms with E-state index in [0.717, 1.165) is 21.3 Å². The number of rotatable bonds is 4. The van der Waals surface area contributed by atoms with Crippen LogP contribution in [0.5, 0.6) is 11.5 Å². The normalized spacial score (nSPS) is 10.9. The molecule has 1 aromatic heterocycles. The summed E-state index contributed by atoms with van der Waals surface area (Å²) in [5.41, 5.74) is 7.45. The van der Waals surface area contributed by atoms with Crippen LogP contribution in [0.3, 0.4) is 0 Å². The van der Waals surface area contributed by atoms with Gasteiger partial charge in [-0.2, -0.15) is 0 Å². The summed E-state index contributed by atoms with van der Waals surface area (Å²) in [6, 6.07) is 3.65. The molecule has 0 atom stereocenters. The highest BCUT2D eigenvalue weighted by Crippen LogP contribution is 2.46. The van der Waals surface area contributed by atoms with Gasteiger partial charge >= 0.3 is 0 Å². The molecular formula is C14H17BrN2O3. The van der Waals surface area contributed by atoms with Gasteiger partial charge in [-0.3, -0.25) is 0 Å². The Morgan fingerprint density at radius 3 is 2.30 bits per heavy atom. The number of hydrogen-bond acceptors (Lipinski definition) is 5. The van der Waals surface area contributed by atoms with Crippen LogP contribution in [0.15, 0.2) is 21.1 Å². The van der Waals surface area contributed by atoms with Crippen LogP contribution in [0, 0.1) is 0 Å². The lowest BCUT2D eigenvalue weighted by Gasteiger charge is -2.18. The lowest BCUT2D eigenvalue weighted by atomic mass is 9.98. The maximum atomic E-state index is 5.62. The van der Waals surface area contributed by atoms with Gasteiger partial charge in [0.2, 0.25) is 0 Å². The molecule has 0 saturated heterocycles. The topological polar surface area (TPSA) is 70.5 Å². The fourth-order valence-electron chi connectivity index (χ4n) is 2.07. The summed E-state index contributed by atoms with van der Waals surface area (Å²) in [7, 11) is 3.23. The summed E-state index contributed by atoms with van der Waals surface area (Å²) in [6.45, 7) is 4.19. The Morgan fingerprint density at radius 2 is 1.85 bits per heavy atom. The highest BCUT2D eigenvalue weighted by atomic mass is 79.9. The van der Waals surface area contributed by atoms with E-state index >= 15 is 0 Å². The Kier molecular flexibility index (Phi) is 4.23. The maximum absolute atomic E-state index is 5.62. The number of anilines is 1. The van der Waals surface area contributed by atoms with Crippen LogP contribution in [0.25, 0.3) is 11.3 Å². The fraction of sp³-hybridized carbons (Fsp3) is 0.357. The molecule has 6 heteroatoms. The van der Waals surface area contributed by atoms with Gasteiger partial charge in [0, 0.05) is 6.07 Å². The Balaban J connectivity index is 2.73. The average molecular weight is 341 g/mol. The van der Waals surface area contributed by atoms with Crippen LogP contribution in [-0.4, -0.2) is 19.4 Å². The fourth-order valence-corrected chi connectivity index (χ4v) is 2.84. The third-order valence-corrected chi connectivity index (χ3v) is 3.75. The summed E-state index contributed by atoms with van der Waals surface area (Å²) in [4.78, 5) is 0. The molecule has 20 heavy (non-hydrogen) atoms. The highest BCUT2D eigenvalue weighted by molar-refractivity contribution is 9.10. The second-order valence-electron chi connectivity index (χ2n) is 4.66. The molecule has 0 aliphatic rings. The predicted octanol–water partition coefficient (Wildman–Crippen LogP) is 3.83. The van der Waals surface area contributed by atoms with Crippen LogP contribution in [-0.2, 0) is 0 Å². The smallest absolute Gasteiger partial charge is 0.172 e. The highest BCUT2D eigenvalue weighted by Gasteiger charge is 2.22. The zero-order valence-corrected chi connectivity index (χ0v) is 13.4. The molecule has 0 radical (unpaired) electrons. The maximum Gasteiger partial charge on any atom is 0.172 e. The van der Waals surface area contributed by atoms with E-state index in [1.54, 1.807) is 20.3 Å². The van der Waals surface area contributed by atoms with Crippen molar-refractivity contribution in [1.82, 2.24) is 5.16 Å². The van der Waals surface area contributed by atoms with E-state index in [4.69, 9.17) is 19.7 Å². The Morgan fingerprint density at radius 1 is 1.20 bits per heavy atom. The van der Waals surface area contributed by atoms with Crippen LogP contribution in [0.1, 0.15) is 25.3 Å². The van der Waals surface area contributed by atoms with Crippen molar-refractivity contribution in [2.45, 2.75) is 19.8 Å². The summed E-state index contributed by atoms with van der Waals surface area (Å²) in [5, 5.41) is 3.72. The standard InChI is InChI=1S/C14H17BrN2O3/c1-7(2)8-5-9(10-6-11(16)17-20-10)14(19-4)12(15)13(8)18-3/h5-7H,1-4H3,(H2,16,17). The number of aromatic nitrogens is 1. The van der Waals surface area contributed by atoms with E-state index in [1.807, 2.05) is 6.07 Å². The van der Waals surface area contributed by atoms with Crippen LogP contribution >= 0.6 is 15.9 Å². The molecule has 2 N–H and O–H groups in total. The lowest BCUT2D eigenvalue weighted by Crippen LogP contribution is -1.99. The minimum Gasteiger partial charge on any atom is -0.495 e. The van der Waals surface area contributed by atoms with Gasteiger partial charge in [0.15, 0.2) is 11.6 Å². The summed E-state index contributed by atoms with van der Waals surface area (Å²) < 4.78 is 16.9. The van der Waals surface area contributed by atoms with Crippen LogP contribution in [0.2, 0.25) is 0 Å². The van der Waals surface area contributed by atoms with E-state index in [-0.39, 0.29) is 5.92 Å². The first-order chi connectivity index (χ1) is 9.49. The van der Waals surface area contributed by atoms with Gasteiger partial charge in [-0.15, -0.1) is 0 Å². The minimum atomic E-state index is 0.283. The Labute approximate surface area is 126 Å². The molecule has 2 rings (SSSR count). The summed E-state index contributed by atoms with van der Waals surface area (Å²) in [5.74, 6) is 2.56. The largest absolute Gasteiger partial charge is 0.495 e. The zero-order chi connectivity index (χ0) is 14.9. The summed E-state index contributed by atoms with van der Waals surface area (Å²) in [6.07, 6.45) is 0. The number of halogens is 1. The molecule has 1 heterocycles. The second kappa shape index (κ2) is 5.75. The van der Waals surface area contributed by atoms with Crippen molar-refractivity contribution < 1.29 is 14.0 Å². The quantitative estimate of drug-likeness (QED) is 0.915. The lowest BCUT2D eigenvalue weighted by molar-refractivity contribution is 0.382. The van der Waals surface area contributed by atoms with Gasteiger partial charge in [0.1, 0.15) is 16.0 Å². The first-order valence-electron chi connectivity index (χ1n) is 6.16. The third kappa shape index (κ3) is 2.47. The molecule has 0 aliphatic heterocycles. The zero-order valence-electron chi connectivity index (χ0n) is 11.9. The minimum absolute atomic E-state index is 0.283. The number of nitrogens with zero attached hydrogens (tertiary/aromatic N) is 1. The number of nitrogen functional groups attached to an aromatic ring is 1. The van der Waals surface area contributed by atoms with Crippen molar-refractivity contribution in [2.24, 2.45) is 0 Å². The SMILES string of the molecule is COc1c(-c2cc(N)no2)cc(C(C)C)c(OC)c1Br. The van der Waals surface area contributed by atoms with Crippen LogP contribution in [0.4, 0.5) is 5.82 Å². The molecule has 1 aromatic carbocycles. The number of benzene rings is 1. The monoisotopic (exact) mass is 340 g/mol. The van der Waals surface area contributed by atoms with E-state index < -0.39 is 0 Å². The third-order valence-electron chi connectivity index (χ3n) is 3.03. The van der Waals surface area contributed by atoms with E-state index in [9.17, 15) is 0 Å². The first-order valence-corrected chi connectivity index (χ1v) is 6.95. The predicted molar refractivity (Wildman–Crippen MR) is 81.2 cm³/mol. The van der Waals surface area contributed by atoms with Gasteiger partial charge < -0.3 is 19.7 Å². The van der Waals surface area contributed by atoms with Gasteiger partial charge in [0.25, 0.3) is 0 Å². The van der Waals surface area contributed by atoms with Crippen molar-refractivity contribution in [3.8, 4) is 22.8 Å². The average Bonchev–Trinajstić information content (AvgIpc) is 2.83. The molecule has 0 bridgehead atoms. The molecule has 0 amide bonds. The van der Waals surface area contributed by atoms with Crippen molar-refractivity contribution in [1.29, 1.82) is 0 Å². The molecule has 0 saturated carbocycles. The number of hydrogen-bond donors (Lipinski definition) is 1. The molecule has 0 unspecified atom stereocenters. The van der Waals surface area contributed by atoms with Crippen molar-refractivity contribution in [3.63, 3.8) is 0 Å². The molecule has 0 aliphatic carbocycles. The van der Waals surface area contributed by atoms with Gasteiger partial charge in [-0.05, 0) is 33.5 Å². The Hall–Kier alpha value is -1.69. The number of nitrogens with two attached hydrogens (primary N) is 1. The molecule has 5 nitrogen and oxygen atoms in total. The van der Waals surface area contributed by atoms with Crippen molar-refractivity contribution in [2.75, 3.05) is 20.0 Å². The number of methoxy groups -OCH3 is 2. The van der Waals surface area contributed by atoms with Gasteiger partial charge in [0.05, 0.1) is 19.8 Å². The van der Waals surface area contributed by atoms with Gasteiger partial charge in [-0.1, -0.05) is 19.0 Å². The van der Waals surface area contributed by atoms with Crippen LogP contribution < -0.4 is 15.2 Å². The Bertz CT molecular complexity index is 623. The first kappa shape index (κ1) is 14.7. The molecule has 0 fully saturated rings. The molecule has 0 spiro atoms. The van der Waals surface area contributed by atoms with Crippen molar-refractivity contribution >= 4 is 21.7 Å². The number of ether oxygens (including phenoxy) is 2. The van der Waals surface area contributed by atoms with E-state index in [1.165, 1.54) is 0 Å². The van der Waals surface area contributed by atoms with Crippen molar-refractivity contribution in [3.05, 3.63) is 22.2 Å². The molecule has 108 valence electrons. The van der Waals surface area contributed by atoms with E-state index in [2.05, 4.69) is 34.9 Å². The molecular weight excluding hydrogens is 324 g/mol. The molecule has 2 aromatic rings. The van der Waals surface area contributed by atoms with Gasteiger partial charge in [-0.25, -0.2) is 0 Å². The second-order valence-corrected chi connectivity index (χ2v) is 5.46. The van der Waals surface area contributed by atoms with E-state index in [0.29, 0.717) is 17.3 Å².